The summed E-state index contributed by atoms with van der Waals surface area (Å²) in [5.41, 5.74) is -1.75. The van der Waals surface area contributed by atoms with E-state index in [0.717, 1.165) is 24.4 Å². The van der Waals surface area contributed by atoms with Crippen LogP contribution in [0, 0.1) is 11.6 Å². The summed E-state index contributed by atoms with van der Waals surface area (Å²) in [6, 6.07) is 3.33. The van der Waals surface area contributed by atoms with Crippen LogP contribution < -0.4 is 4.74 Å². The van der Waals surface area contributed by atoms with Gasteiger partial charge in [-0.25, -0.2) is 8.78 Å². The summed E-state index contributed by atoms with van der Waals surface area (Å²) in [4.78, 5) is 15.7. The molecule has 0 spiro atoms. The van der Waals surface area contributed by atoms with Gasteiger partial charge >= 0.3 is 12.3 Å². The average Bonchev–Trinajstić information content (AvgIpc) is 2.44. The Morgan fingerprint density at radius 3 is 2.19 bits per heavy atom. The number of nitrogens with zero attached hydrogens (tertiary/aromatic N) is 1. The van der Waals surface area contributed by atoms with E-state index in [0.29, 0.717) is 6.07 Å². The van der Waals surface area contributed by atoms with Gasteiger partial charge in [0, 0.05) is 23.4 Å². The van der Waals surface area contributed by atoms with E-state index in [-0.39, 0.29) is 11.1 Å². The number of hydrogen-bond acceptors (Lipinski definition) is 4. The number of hydrogen-bond donors (Lipinski definition) is 0. The first-order chi connectivity index (χ1) is 12.3. The van der Waals surface area contributed by atoms with Crippen LogP contribution in [0.2, 0.25) is 0 Å². The van der Waals surface area contributed by atoms with Gasteiger partial charge in [0.1, 0.15) is 22.9 Å². The Morgan fingerprint density at radius 1 is 1.07 bits per heavy atom. The van der Waals surface area contributed by atoms with Gasteiger partial charge in [0.2, 0.25) is 0 Å². The SMILES string of the molecule is CC(C)(C)OC(=O)Cc1ccnc(-c2cc(F)cc(F)c2)c1OC(F)(F)F. The molecule has 0 fully saturated rings. The van der Waals surface area contributed by atoms with E-state index in [4.69, 9.17) is 4.74 Å². The predicted octanol–water partition coefficient (Wildman–Crippen LogP) is 4.81. The highest BCUT2D eigenvalue weighted by molar-refractivity contribution is 5.77. The summed E-state index contributed by atoms with van der Waals surface area (Å²) in [6.07, 6.45) is -4.54. The van der Waals surface area contributed by atoms with Crippen molar-refractivity contribution in [3.8, 4) is 17.0 Å². The minimum Gasteiger partial charge on any atom is -0.460 e. The molecule has 0 saturated heterocycles. The summed E-state index contributed by atoms with van der Waals surface area (Å²) in [5.74, 6) is -3.61. The van der Waals surface area contributed by atoms with Crippen molar-refractivity contribution in [3.63, 3.8) is 0 Å². The molecule has 27 heavy (non-hydrogen) atoms. The van der Waals surface area contributed by atoms with Crippen molar-refractivity contribution in [2.24, 2.45) is 0 Å². The molecule has 0 bridgehead atoms. The average molecular weight is 389 g/mol. The smallest absolute Gasteiger partial charge is 0.460 e. The summed E-state index contributed by atoms with van der Waals surface area (Å²) >= 11 is 0. The fraction of sp³-hybridized carbons (Fsp3) is 0.333. The topological polar surface area (TPSA) is 48.4 Å². The largest absolute Gasteiger partial charge is 0.573 e. The standard InChI is InChI=1S/C18H16F5NO3/c1-17(2,3)26-14(25)8-10-4-5-24-15(16(10)27-18(21,22)23)11-6-12(19)9-13(20)7-11/h4-7,9H,8H2,1-3H3. The number of halogens is 5. The molecule has 2 aromatic rings. The van der Waals surface area contributed by atoms with E-state index >= 15 is 0 Å². The van der Waals surface area contributed by atoms with E-state index in [1.165, 1.54) is 0 Å². The molecule has 0 unspecified atom stereocenters. The molecule has 2 rings (SSSR count). The zero-order chi connectivity index (χ0) is 20.4. The van der Waals surface area contributed by atoms with E-state index < -0.39 is 47.4 Å². The lowest BCUT2D eigenvalue weighted by Gasteiger charge is -2.21. The maximum absolute atomic E-state index is 13.5. The molecule has 146 valence electrons. The van der Waals surface area contributed by atoms with Gasteiger partial charge in [-0.2, -0.15) is 0 Å². The number of esters is 1. The highest BCUT2D eigenvalue weighted by Gasteiger charge is 2.34. The number of ether oxygens (including phenoxy) is 2. The van der Waals surface area contributed by atoms with Crippen LogP contribution in [0.1, 0.15) is 26.3 Å². The molecule has 1 aromatic heterocycles. The van der Waals surface area contributed by atoms with E-state index in [1.54, 1.807) is 20.8 Å². The van der Waals surface area contributed by atoms with Gasteiger partial charge in [-0.05, 0) is 39.0 Å². The Bertz CT molecular complexity index is 824. The second-order valence-corrected chi connectivity index (χ2v) is 6.62. The number of carbonyl (C=O) groups excluding carboxylic acids is 1. The Balaban J connectivity index is 2.52. The molecular weight excluding hydrogens is 373 g/mol. The van der Waals surface area contributed by atoms with E-state index in [9.17, 15) is 26.7 Å². The van der Waals surface area contributed by atoms with E-state index in [2.05, 4.69) is 9.72 Å². The van der Waals surface area contributed by atoms with Gasteiger partial charge in [-0.15, -0.1) is 13.2 Å². The number of alkyl halides is 3. The van der Waals surface area contributed by atoms with Crippen LogP contribution in [-0.2, 0) is 16.0 Å². The Morgan fingerprint density at radius 2 is 1.67 bits per heavy atom. The fourth-order valence-corrected chi connectivity index (χ4v) is 2.29. The molecule has 0 saturated carbocycles. The molecule has 0 aliphatic rings. The van der Waals surface area contributed by atoms with Crippen LogP contribution in [0.3, 0.4) is 0 Å². The van der Waals surface area contributed by atoms with Crippen molar-refractivity contribution < 1.29 is 36.2 Å². The number of carbonyl (C=O) groups is 1. The van der Waals surface area contributed by atoms with E-state index in [1.807, 2.05) is 0 Å². The quantitative estimate of drug-likeness (QED) is 0.556. The lowest BCUT2D eigenvalue weighted by molar-refractivity contribution is -0.274. The summed E-state index contributed by atoms with van der Waals surface area (Å²) < 4.78 is 74.7. The predicted molar refractivity (Wildman–Crippen MR) is 85.8 cm³/mol. The van der Waals surface area contributed by atoms with Crippen LogP contribution in [0.5, 0.6) is 5.75 Å². The van der Waals surface area contributed by atoms with Crippen LogP contribution in [0.25, 0.3) is 11.3 Å². The van der Waals surface area contributed by atoms with Crippen LogP contribution >= 0.6 is 0 Å². The number of aromatic nitrogens is 1. The van der Waals surface area contributed by atoms with Gasteiger partial charge in [-0.1, -0.05) is 0 Å². The highest BCUT2D eigenvalue weighted by atomic mass is 19.4. The minimum atomic E-state index is -5.10. The third kappa shape index (κ3) is 6.19. The molecule has 1 aromatic carbocycles. The first-order valence-electron chi connectivity index (χ1n) is 7.76. The first kappa shape index (κ1) is 20.6. The second kappa shape index (κ2) is 7.50. The number of benzene rings is 1. The Kier molecular flexibility index (Phi) is 5.72. The number of pyridine rings is 1. The molecule has 0 aliphatic carbocycles. The van der Waals surface area contributed by atoms with Gasteiger partial charge in [0.05, 0.1) is 6.42 Å². The lowest BCUT2D eigenvalue weighted by Crippen LogP contribution is -2.25. The molecule has 1 heterocycles. The normalized spacial score (nSPS) is 12.0. The molecule has 0 aliphatic heterocycles. The van der Waals surface area contributed by atoms with Gasteiger partial charge in [0.15, 0.2) is 5.75 Å². The fourth-order valence-electron chi connectivity index (χ4n) is 2.29. The van der Waals surface area contributed by atoms with Gasteiger partial charge in [0.25, 0.3) is 0 Å². The van der Waals surface area contributed by atoms with Crippen molar-refractivity contribution >= 4 is 5.97 Å². The first-order valence-corrected chi connectivity index (χ1v) is 7.76. The molecular formula is C18H16F5NO3. The molecule has 0 N–H and O–H groups in total. The van der Waals surface area contributed by atoms with Crippen molar-refractivity contribution in [2.75, 3.05) is 0 Å². The second-order valence-electron chi connectivity index (χ2n) is 6.62. The monoisotopic (exact) mass is 389 g/mol. The van der Waals surface area contributed by atoms with Gasteiger partial charge < -0.3 is 9.47 Å². The Labute approximate surface area is 151 Å². The third-order valence-corrected chi connectivity index (χ3v) is 3.09. The highest BCUT2D eigenvalue weighted by Crippen LogP contribution is 2.36. The minimum absolute atomic E-state index is 0.184. The summed E-state index contributed by atoms with van der Waals surface area (Å²) in [7, 11) is 0. The molecule has 0 atom stereocenters. The van der Waals surface area contributed by atoms with Gasteiger partial charge in [-0.3, -0.25) is 9.78 Å². The third-order valence-electron chi connectivity index (χ3n) is 3.09. The molecule has 4 nitrogen and oxygen atoms in total. The number of rotatable bonds is 4. The zero-order valence-electron chi connectivity index (χ0n) is 14.7. The Hall–Kier alpha value is -2.71. The lowest BCUT2D eigenvalue weighted by atomic mass is 10.0. The van der Waals surface area contributed by atoms with Crippen LogP contribution in [-0.4, -0.2) is 22.9 Å². The molecule has 0 amide bonds. The maximum atomic E-state index is 13.5. The molecule has 9 heteroatoms. The van der Waals surface area contributed by atoms with Crippen molar-refractivity contribution in [2.45, 2.75) is 39.2 Å². The van der Waals surface area contributed by atoms with Crippen molar-refractivity contribution in [1.29, 1.82) is 0 Å². The van der Waals surface area contributed by atoms with Crippen LogP contribution in [0.4, 0.5) is 22.0 Å². The zero-order valence-corrected chi connectivity index (χ0v) is 14.7. The summed E-state index contributed by atoms with van der Waals surface area (Å²) in [6.45, 7) is 4.81. The summed E-state index contributed by atoms with van der Waals surface area (Å²) in [5, 5.41) is 0. The van der Waals surface area contributed by atoms with Crippen LogP contribution in [0.15, 0.2) is 30.5 Å². The maximum Gasteiger partial charge on any atom is 0.573 e. The van der Waals surface area contributed by atoms with Crippen molar-refractivity contribution in [3.05, 3.63) is 47.7 Å². The molecule has 0 radical (unpaired) electrons. The van der Waals surface area contributed by atoms with Crippen molar-refractivity contribution in [1.82, 2.24) is 4.98 Å².